The molecule has 1 amide bonds. The number of carbonyl (C=O) groups excluding carboxylic acids is 1. The van der Waals surface area contributed by atoms with Crippen LogP contribution in [-0.2, 0) is 4.74 Å². The smallest absolute Gasteiger partial charge is 0.407 e. The van der Waals surface area contributed by atoms with Crippen LogP contribution in [0.25, 0.3) is 0 Å². The maximum atomic E-state index is 11.9. The highest BCUT2D eigenvalue weighted by atomic mass is 16.6. The number of nitrogens with zero attached hydrogens (tertiary/aromatic N) is 2. The number of anilines is 2. The summed E-state index contributed by atoms with van der Waals surface area (Å²) in [5.41, 5.74) is -0.630. The van der Waals surface area contributed by atoms with E-state index in [4.69, 9.17) is 4.74 Å². The summed E-state index contributed by atoms with van der Waals surface area (Å²) in [5, 5.41) is 5.57. The minimum absolute atomic E-state index is 0.301. The zero-order chi connectivity index (χ0) is 17.9. The fourth-order valence-corrected chi connectivity index (χ4v) is 2.54. The third kappa shape index (κ3) is 4.47. The number of hydrogen-bond acceptors (Lipinski definition) is 7. The number of likely N-dealkylation sites (N-methyl/N-ethyl adjacent to an activating group) is 1. The molecule has 8 nitrogen and oxygen atoms in total. The zero-order valence-electron chi connectivity index (χ0n) is 14.8. The number of amides is 1. The molecule has 0 bridgehead atoms. The average Bonchev–Trinajstić information content (AvgIpc) is 2.49. The number of nitrogens with one attached hydrogen (secondary N) is 2. The van der Waals surface area contributed by atoms with Gasteiger partial charge in [-0.3, -0.25) is 9.59 Å². The van der Waals surface area contributed by atoms with Crippen LogP contribution in [0, 0.1) is 0 Å². The molecule has 1 heterocycles. The van der Waals surface area contributed by atoms with E-state index in [2.05, 4.69) is 15.5 Å². The van der Waals surface area contributed by atoms with Crippen molar-refractivity contribution < 1.29 is 9.53 Å². The second-order valence-corrected chi connectivity index (χ2v) is 7.03. The first kappa shape index (κ1) is 18.3. The van der Waals surface area contributed by atoms with E-state index in [1.54, 1.807) is 20.8 Å². The normalized spacial score (nSPS) is 16.2. The van der Waals surface area contributed by atoms with Crippen LogP contribution < -0.4 is 26.4 Å². The van der Waals surface area contributed by atoms with Crippen molar-refractivity contribution in [3.63, 3.8) is 0 Å². The summed E-state index contributed by atoms with van der Waals surface area (Å²) in [5.74, 6) is 0. The Morgan fingerprint density at radius 1 is 1.08 bits per heavy atom. The Morgan fingerprint density at radius 2 is 1.71 bits per heavy atom. The van der Waals surface area contributed by atoms with Crippen molar-refractivity contribution in [2.45, 2.75) is 26.4 Å². The van der Waals surface area contributed by atoms with Crippen LogP contribution in [0.1, 0.15) is 20.8 Å². The Balaban J connectivity index is 1.84. The van der Waals surface area contributed by atoms with E-state index in [-0.39, 0.29) is 0 Å². The highest BCUT2D eigenvalue weighted by Crippen LogP contribution is 2.20. The molecular formula is C16H26N4O4. The lowest BCUT2D eigenvalue weighted by Crippen LogP contribution is -2.50. The lowest BCUT2D eigenvalue weighted by molar-refractivity contribution is 0.0530. The fourth-order valence-electron chi connectivity index (χ4n) is 2.54. The molecule has 8 heteroatoms. The van der Waals surface area contributed by atoms with Gasteiger partial charge in [0.05, 0.1) is 0 Å². The number of piperazine rings is 1. The van der Waals surface area contributed by atoms with E-state index < -0.39 is 22.6 Å². The average molecular weight is 338 g/mol. The molecule has 1 aliphatic rings. The molecule has 1 saturated heterocycles. The number of rotatable bonds is 5. The van der Waals surface area contributed by atoms with Crippen molar-refractivity contribution >= 4 is 17.5 Å². The van der Waals surface area contributed by atoms with Gasteiger partial charge < -0.3 is 25.2 Å². The number of carbonyl (C=O) groups is 1. The summed E-state index contributed by atoms with van der Waals surface area (Å²) in [4.78, 5) is 39.3. The predicted octanol–water partition coefficient (Wildman–Crippen LogP) is -0.0290. The molecular weight excluding hydrogens is 312 g/mol. The fraction of sp³-hybridized carbons (Fsp3) is 0.688. The van der Waals surface area contributed by atoms with Crippen LogP contribution in [0.2, 0.25) is 0 Å². The molecule has 24 heavy (non-hydrogen) atoms. The van der Waals surface area contributed by atoms with Gasteiger partial charge in [-0.05, 0) is 27.8 Å². The highest BCUT2D eigenvalue weighted by molar-refractivity contribution is 5.75. The maximum Gasteiger partial charge on any atom is 0.407 e. The second kappa shape index (κ2) is 7.21. The maximum absolute atomic E-state index is 11.9. The Kier molecular flexibility index (Phi) is 5.48. The van der Waals surface area contributed by atoms with Crippen LogP contribution in [0.15, 0.2) is 9.59 Å². The lowest BCUT2D eigenvalue weighted by atomic mass is 10.1. The molecule has 1 aromatic rings. The largest absolute Gasteiger partial charge is 0.444 e. The van der Waals surface area contributed by atoms with Crippen LogP contribution in [0.3, 0.4) is 0 Å². The van der Waals surface area contributed by atoms with Crippen molar-refractivity contribution in [1.82, 2.24) is 10.2 Å². The lowest BCUT2D eigenvalue weighted by Gasteiger charge is -2.35. The topological polar surface area (TPSA) is 91.0 Å². The molecule has 0 saturated carbocycles. The molecule has 1 aromatic carbocycles. The van der Waals surface area contributed by atoms with Gasteiger partial charge in [0.25, 0.3) is 10.9 Å². The third-order valence-corrected chi connectivity index (χ3v) is 3.80. The minimum atomic E-state index is -0.551. The van der Waals surface area contributed by atoms with Gasteiger partial charge in [-0.15, -0.1) is 0 Å². The Morgan fingerprint density at radius 3 is 2.29 bits per heavy atom. The molecule has 1 aliphatic heterocycles. The van der Waals surface area contributed by atoms with E-state index in [9.17, 15) is 14.4 Å². The minimum Gasteiger partial charge on any atom is -0.444 e. The van der Waals surface area contributed by atoms with Crippen LogP contribution in [0.5, 0.6) is 0 Å². The molecule has 1 fully saturated rings. The van der Waals surface area contributed by atoms with Crippen LogP contribution in [-0.4, -0.2) is 62.9 Å². The summed E-state index contributed by atoms with van der Waals surface area (Å²) in [7, 11) is 2.03. The van der Waals surface area contributed by atoms with Crippen molar-refractivity contribution in [2.24, 2.45) is 0 Å². The van der Waals surface area contributed by atoms with Crippen LogP contribution >= 0.6 is 0 Å². The zero-order valence-corrected chi connectivity index (χ0v) is 14.8. The van der Waals surface area contributed by atoms with Crippen molar-refractivity contribution in [3.8, 4) is 0 Å². The summed E-state index contributed by atoms with van der Waals surface area (Å²) >= 11 is 0. The van der Waals surface area contributed by atoms with Gasteiger partial charge in [-0.1, -0.05) is 0 Å². The molecule has 2 rings (SSSR count). The van der Waals surface area contributed by atoms with Crippen molar-refractivity contribution in [1.29, 1.82) is 0 Å². The summed E-state index contributed by atoms with van der Waals surface area (Å²) in [6.07, 6.45) is -0.506. The van der Waals surface area contributed by atoms with E-state index in [1.807, 2.05) is 11.9 Å². The molecule has 0 aromatic heterocycles. The highest BCUT2D eigenvalue weighted by Gasteiger charge is 2.27. The van der Waals surface area contributed by atoms with Gasteiger partial charge in [0.15, 0.2) is 0 Å². The quantitative estimate of drug-likeness (QED) is 0.575. The molecule has 0 atom stereocenters. The Bertz CT molecular complexity index is 650. The standard InChI is InChI=1S/C16H26N4O4/c1-16(2,3)24-15(23)18-6-5-17-11-12(14(22)13(11)21)20-9-7-19(4)8-10-20/h17H,5-10H2,1-4H3,(H,18,23). The SMILES string of the molecule is CN1CCN(c2c(NCCNC(=O)OC(C)(C)C)c(=O)c2=O)CC1. The summed E-state index contributed by atoms with van der Waals surface area (Å²) < 4.78 is 5.13. The first-order chi connectivity index (χ1) is 11.2. The molecule has 0 unspecified atom stereocenters. The van der Waals surface area contributed by atoms with E-state index in [0.29, 0.717) is 24.5 Å². The number of alkyl carbamates (subject to hydrolysis) is 1. The van der Waals surface area contributed by atoms with Gasteiger partial charge in [0, 0.05) is 39.3 Å². The molecule has 0 aliphatic carbocycles. The number of hydrogen-bond donors (Lipinski definition) is 2. The van der Waals surface area contributed by atoms with E-state index in [0.717, 1.165) is 26.2 Å². The third-order valence-electron chi connectivity index (χ3n) is 3.80. The summed E-state index contributed by atoms with van der Waals surface area (Å²) in [6, 6.07) is 0. The first-order valence-electron chi connectivity index (χ1n) is 8.16. The van der Waals surface area contributed by atoms with Crippen molar-refractivity contribution in [2.75, 3.05) is 56.5 Å². The number of ether oxygens (including phenoxy) is 1. The molecule has 134 valence electrons. The Hall–Kier alpha value is -2.09. The molecule has 0 radical (unpaired) electrons. The second-order valence-electron chi connectivity index (χ2n) is 7.03. The van der Waals surface area contributed by atoms with E-state index in [1.165, 1.54) is 0 Å². The van der Waals surface area contributed by atoms with Gasteiger partial charge in [-0.2, -0.15) is 0 Å². The van der Waals surface area contributed by atoms with Crippen LogP contribution in [0.4, 0.5) is 16.2 Å². The molecule has 0 spiro atoms. The molecule has 2 N–H and O–H groups in total. The summed E-state index contributed by atoms with van der Waals surface area (Å²) in [6.45, 7) is 9.19. The van der Waals surface area contributed by atoms with Crippen molar-refractivity contribution in [3.05, 3.63) is 20.4 Å². The monoisotopic (exact) mass is 338 g/mol. The van der Waals surface area contributed by atoms with Gasteiger partial charge in [0.2, 0.25) is 0 Å². The van der Waals surface area contributed by atoms with Gasteiger partial charge in [-0.25, -0.2) is 4.79 Å². The predicted molar refractivity (Wildman–Crippen MR) is 93.8 cm³/mol. The van der Waals surface area contributed by atoms with Gasteiger partial charge >= 0.3 is 6.09 Å². The Labute approximate surface area is 141 Å². The van der Waals surface area contributed by atoms with Gasteiger partial charge in [0.1, 0.15) is 17.0 Å². The first-order valence-corrected chi connectivity index (χ1v) is 8.16. The van der Waals surface area contributed by atoms with E-state index >= 15 is 0 Å².